The van der Waals surface area contributed by atoms with E-state index in [2.05, 4.69) is 16.0 Å². The molecule has 0 spiro atoms. The molecule has 0 saturated carbocycles. The van der Waals surface area contributed by atoms with Crippen molar-refractivity contribution in [3.63, 3.8) is 0 Å². The quantitative estimate of drug-likeness (QED) is 0.555. The largest absolute Gasteiger partial charge is 0.346 e. The van der Waals surface area contributed by atoms with Gasteiger partial charge >= 0.3 is 0 Å². The van der Waals surface area contributed by atoms with Gasteiger partial charge in [0.1, 0.15) is 6.04 Å². The molecule has 0 fully saturated rings. The minimum Gasteiger partial charge on any atom is -0.346 e. The summed E-state index contributed by atoms with van der Waals surface area (Å²) < 4.78 is 0. The summed E-state index contributed by atoms with van der Waals surface area (Å²) in [7, 11) is 0. The van der Waals surface area contributed by atoms with Crippen LogP contribution in [0.3, 0.4) is 0 Å². The van der Waals surface area contributed by atoms with Crippen molar-refractivity contribution in [3.05, 3.63) is 66.2 Å². The number of nitrogens with one attached hydrogen (secondary N) is 3. The van der Waals surface area contributed by atoms with Gasteiger partial charge in [-0.25, -0.2) is 0 Å². The molecule has 0 aliphatic carbocycles. The number of anilines is 1. The van der Waals surface area contributed by atoms with Crippen LogP contribution < -0.4 is 21.7 Å². The van der Waals surface area contributed by atoms with Gasteiger partial charge in [0.2, 0.25) is 11.8 Å². The summed E-state index contributed by atoms with van der Waals surface area (Å²) in [6, 6.07) is 16.3. The average molecular weight is 382 g/mol. The Labute approximate surface area is 164 Å². The molecule has 28 heavy (non-hydrogen) atoms. The first-order valence-electron chi connectivity index (χ1n) is 9.12. The van der Waals surface area contributed by atoms with Crippen LogP contribution in [0.1, 0.15) is 25.5 Å². The second kappa shape index (κ2) is 10.2. The smallest absolute Gasteiger partial charge is 0.251 e. The predicted molar refractivity (Wildman–Crippen MR) is 108 cm³/mol. The van der Waals surface area contributed by atoms with Crippen molar-refractivity contribution in [2.45, 2.75) is 25.9 Å². The van der Waals surface area contributed by atoms with Crippen LogP contribution in [0.2, 0.25) is 0 Å². The van der Waals surface area contributed by atoms with Gasteiger partial charge in [-0.2, -0.15) is 0 Å². The standard InChI is InChI=1S/C21H26N4O3/c1-14(2)18(22)20(27)23-13-17(26)25-19(15-9-5-3-6-10-15)21(28)24-16-11-7-4-8-12-16/h3-12,14,18-19H,13,22H2,1-2H3,(H,23,27)(H,24,28)(H,25,26)/t18-,19?/m0/s1. The molecule has 7 nitrogen and oxygen atoms in total. The van der Waals surface area contributed by atoms with E-state index in [1.54, 1.807) is 48.5 Å². The number of para-hydroxylation sites is 1. The van der Waals surface area contributed by atoms with Gasteiger partial charge in [0.05, 0.1) is 12.6 Å². The molecule has 0 bridgehead atoms. The molecule has 148 valence electrons. The van der Waals surface area contributed by atoms with Crippen LogP contribution in [-0.2, 0) is 14.4 Å². The van der Waals surface area contributed by atoms with Crippen molar-refractivity contribution < 1.29 is 14.4 Å². The highest BCUT2D eigenvalue weighted by Gasteiger charge is 2.24. The van der Waals surface area contributed by atoms with Crippen LogP contribution in [0, 0.1) is 5.92 Å². The molecule has 5 N–H and O–H groups in total. The van der Waals surface area contributed by atoms with Gasteiger partial charge in [0, 0.05) is 5.69 Å². The average Bonchev–Trinajstić information content (AvgIpc) is 2.70. The third kappa shape index (κ3) is 6.21. The molecule has 7 heteroatoms. The Hall–Kier alpha value is -3.19. The fourth-order valence-electron chi connectivity index (χ4n) is 2.48. The van der Waals surface area contributed by atoms with Crippen molar-refractivity contribution in [2.24, 2.45) is 11.7 Å². The van der Waals surface area contributed by atoms with E-state index in [-0.39, 0.29) is 18.4 Å². The Morgan fingerprint density at radius 3 is 2.04 bits per heavy atom. The van der Waals surface area contributed by atoms with Gasteiger partial charge in [-0.3, -0.25) is 14.4 Å². The Kier molecular flexibility index (Phi) is 7.71. The van der Waals surface area contributed by atoms with Gasteiger partial charge in [-0.05, 0) is 23.6 Å². The first-order valence-corrected chi connectivity index (χ1v) is 9.12. The van der Waals surface area contributed by atoms with Crippen LogP contribution in [0.4, 0.5) is 5.69 Å². The monoisotopic (exact) mass is 382 g/mol. The van der Waals surface area contributed by atoms with Crippen LogP contribution in [-0.4, -0.2) is 30.3 Å². The van der Waals surface area contributed by atoms with Gasteiger partial charge in [-0.15, -0.1) is 0 Å². The maximum absolute atomic E-state index is 12.8. The number of hydrogen-bond acceptors (Lipinski definition) is 4. The number of nitrogens with two attached hydrogens (primary N) is 1. The zero-order valence-corrected chi connectivity index (χ0v) is 16.0. The molecule has 0 aliphatic rings. The van der Waals surface area contributed by atoms with Crippen LogP contribution in [0.5, 0.6) is 0 Å². The molecule has 0 saturated heterocycles. The molecular formula is C21H26N4O3. The van der Waals surface area contributed by atoms with E-state index < -0.39 is 23.9 Å². The highest BCUT2D eigenvalue weighted by Crippen LogP contribution is 2.16. The summed E-state index contributed by atoms with van der Waals surface area (Å²) in [4.78, 5) is 37.0. The molecular weight excluding hydrogens is 356 g/mol. The van der Waals surface area contributed by atoms with Gasteiger partial charge in [0.25, 0.3) is 5.91 Å². The predicted octanol–water partition coefficient (Wildman–Crippen LogP) is 1.58. The minimum absolute atomic E-state index is 0.0446. The molecule has 2 aromatic rings. The Morgan fingerprint density at radius 1 is 0.893 bits per heavy atom. The van der Waals surface area contributed by atoms with Gasteiger partial charge in [0.15, 0.2) is 0 Å². The summed E-state index contributed by atoms with van der Waals surface area (Å²) in [5.74, 6) is -1.32. The number of carbonyl (C=O) groups excluding carboxylic acids is 3. The van der Waals surface area contributed by atoms with E-state index >= 15 is 0 Å². The van der Waals surface area contributed by atoms with Gasteiger partial charge < -0.3 is 21.7 Å². The Balaban J connectivity index is 2.05. The lowest BCUT2D eigenvalue weighted by atomic mass is 10.0. The van der Waals surface area contributed by atoms with Crippen molar-refractivity contribution in [2.75, 3.05) is 11.9 Å². The number of benzene rings is 2. The fourth-order valence-corrected chi connectivity index (χ4v) is 2.48. The van der Waals surface area contributed by atoms with Crippen molar-refractivity contribution >= 4 is 23.4 Å². The Morgan fingerprint density at radius 2 is 1.46 bits per heavy atom. The highest BCUT2D eigenvalue weighted by atomic mass is 16.2. The molecule has 2 aromatic carbocycles. The highest BCUT2D eigenvalue weighted by molar-refractivity contribution is 5.98. The lowest BCUT2D eigenvalue weighted by Gasteiger charge is -2.20. The molecule has 3 amide bonds. The van der Waals surface area contributed by atoms with E-state index in [1.165, 1.54) is 0 Å². The second-order valence-electron chi connectivity index (χ2n) is 6.75. The Bertz CT molecular complexity index is 794. The molecule has 0 heterocycles. The molecule has 0 aromatic heterocycles. The third-order valence-corrected chi connectivity index (χ3v) is 4.19. The van der Waals surface area contributed by atoms with Crippen molar-refractivity contribution in [1.82, 2.24) is 10.6 Å². The summed E-state index contributed by atoms with van der Waals surface area (Å²) in [6.07, 6.45) is 0. The number of carbonyl (C=O) groups is 3. The number of amides is 3. The topological polar surface area (TPSA) is 113 Å². The summed E-state index contributed by atoms with van der Waals surface area (Å²) in [6.45, 7) is 3.38. The lowest BCUT2D eigenvalue weighted by Crippen LogP contribution is -2.48. The SMILES string of the molecule is CC(C)[C@H](N)C(=O)NCC(=O)NC(C(=O)Nc1ccccc1)c1ccccc1. The van der Waals surface area contributed by atoms with E-state index in [0.29, 0.717) is 11.3 Å². The van der Waals surface area contributed by atoms with Crippen LogP contribution in [0.25, 0.3) is 0 Å². The molecule has 1 unspecified atom stereocenters. The number of rotatable bonds is 8. The first kappa shape index (κ1) is 21.1. The van der Waals surface area contributed by atoms with E-state index in [9.17, 15) is 14.4 Å². The van der Waals surface area contributed by atoms with E-state index in [0.717, 1.165) is 0 Å². The summed E-state index contributed by atoms with van der Waals surface area (Å²) >= 11 is 0. The molecule has 2 rings (SSSR count). The zero-order chi connectivity index (χ0) is 20.5. The van der Waals surface area contributed by atoms with E-state index in [1.807, 2.05) is 26.0 Å². The second-order valence-corrected chi connectivity index (χ2v) is 6.75. The third-order valence-electron chi connectivity index (χ3n) is 4.19. The molecule has 0 radical (unpaired) electrons. The van der Waals surface area contributed by atoms with Crippen molar-refractivity contribution in [1.29, 1.82) is 0 Å². The van der Waals surface area contributed by atoms with Crippen molar-refractivity contribution in [3.8, 4) is 0 Å². The normalized spacial score (nSPS) is 12.7. The molecule has 2 atom stereocenters. The number of hydrogen-bond donors (Lipinski definition) is 4. The molecule has 0 aliphatic heterocycles. The van der Waals surface area contributed by atoms with Crippen LogP contribution >= 0.6 is 0 Å². The summed E-state index contributed by atoms with van der Waals surface area (Å²) in [5, 5.41) is 7.95. The lowest BCUT2D eigenvalue weighted by molar-refractivity contribution is -0.129. The van der Waals surface area contributed by atoms with Gasteiger partial charge in [-0.1, -0.05) is 62.4 Å². The fraction of sp³-hybridized carbons (Fsp3) is 0.286. The summed E-state index contributed by atoms with van der Waals surface area (Å²) in [5.41, 5.74) is 7.02. The maximum atomic E-state index is 12.8. The maximum Gasteiger partial charge on any atom is 0.251 e. The first-order chi connectivity index (χ1) is 13.4. The van der Waals surface area contributed by atoms with E-state index in [4.69, 9.17) is 5.73 Å². The minimum atomic E-state index is -0.899. The van der Waals surface area contributed by atoms with Crippen LogP contribution in [0.15, 0.2) is 60.7 Å². The zero-order valence-electron chi connectivity index (χ0n) is 16.0.